The predicted molar refractivity (Wildman–Crippen MR) is 304 cm³/mol. The van der Waals surface area contributed by atoms with Crippen LogP contribution in [0.2, 0.25) is 0 Å². The van der Waals surface area contributed by atoms with Gasteiger partial charge in [-0.2, -0.15) is 0 Å². The molecule has 0 aromatic rings. The second-order valence-electron chi connectivity index (χ2n) is 21.7. The molecule has 0 radical (unpaired) electrons. The van der Waals surface area contributed by atoms with E-state index in [9.17, 15) is 19.4 Å². The Bertz CT molecular complexity index is 1280. The maximum absolute atomic E-state index is 12.9. The number of allylic oxidation sites excluding steroid dienone is 7. The minimum absolute atomic E-state index is 0.0568. The molecule has 0 heterocycles. The molecule has 0 spiro atoms. The summed E-state index contributed by atoms with van der Waals surface area (Å²) in [5.74, 6) is -0.186. The van der Waals surface area contributed by atoms with Crippen molar-refractivity contribution >= 4 is 13.7 Å². The van der Waals surface area contributed by atoms with E-state index >= 15 is 0 Å². The Balaban J connectivity index is 3.79. The number of phosphoric ester groups is 1. The Morgan fingerprint density at radius 2 is 0.829 bits per heavy atom. The van der Waals surface area contributed by atoms with Crippen molar-refractivity contribution < 1.29 is 32.9 Å². The van der Waals surface area contributed by atoms with E-state index in [0.717, 1.165) is 44.9 Å². The highest BCUT2D eigenvalue weighted by Gasteiger charge is 2.27. The highest BCUT2D eigenvalue weighted by molar-refractivity contribution is 7.47. The zero-order valence-electron chi connectivity index (χ0n) is 47.0. The first-order chi connectivity index (χ1) is 34.0. The maximum Gasteiger partial charge on any atom is 0.472 e. The molecule has 0 bridgehead atoms. The maximum atomic E-state index is 12.9. The van der Waals surface area contributed by atoms with Gasteiger partial charge in [-0.05, 0) is 64.2 Å². The third-order valence-electron chi connectivity index (χ3n) is 13.5. The Morgan fingerprint density at radius 1 is 0.486 bits per heavy atom. The first-order valence-electron chi connectivity index (χ1n) is 30.0. The number of hydrogen-bond acceptors (Lipinski definition) is 5. The third kappa shape index (κ3) is 54.2. The van der Waals surface area contributed by atoms with E-state index in [0.29, 0.717) is 17.4 Å². The topological polar surface area (TPSA) is 105 Å². The normalized spacial score (nSPS) is 14.2. The molecule has 0 aliphatic heterocycles. The van der Waals surface area contributed by atoms with Crippen molar-refractivity contribution in [3.63, 3.8) is 0 Å². The summed E-state index contributed by atoms with van der Waals surface area (Å²) in [4.78, 5) is 23.2. The van der Waals surface area contributed by atoms with Crippen LogP contribution < -0.4 is 5.32 Å². The molecule has 9 heteroatoms. The summed E-state index contributed by atoms with van der Waals surface area (Å²) in [5, 5.41) is 13.8. The van der Waals surface area contributed by atoms with Gasteiger partial charge < -0.3 is 19.8 Å². The average Bonchev–Trinajstić information content (AvgIpc) is 3.32. The van der Waals surface area contributed by atoms with Crippen LogP contribution in [-0.2, 0) is 18.4 Å². The largest absolute Gasteiger partial charge is 0.472 e. The van der Waals surface area contributed by atoms with Crippen LogP contribution >= 0.6 is 7.82 Å². The van der Waals surface area contributed by atoms with Crippen LogP contribution in [0.25, 0.3) is 0 Å². The van der Waals surface area contributed by atoms with Gasteiger partial charge in [0, 0.05) is 6.42 Å². The van der Waals surface area contributed by atoms with Crippen LogP contribution in [0.3, 0.4) is 0 Å². The molecule has 0 aromatic heterocycles. The van der Waals surface area contributed by atoms with Gasteiger partial charge in [0.15, 0.2) is 0 Å². The number of aliphatic hydroxyl groups excluding tert-OH is 1. The third-order valence-corrected chi connectivity index (χ3v) is 14.5. The van der Waals surface area contributed by atoms with Crippen molar-refractivity contribution in [2.24, 2.45) is 0 Å². The van der Waals surface area contributed by atoms with E-state index in [-0.39, 0.29) is 19.1 Å². The van der Waals surface area contributed by atoms with E-state index in [4.69, 9.17) is 9.05 Å². The summed E-state index contributed by atoms with van der Waals surface area (Å²) in [5.41, 5.74) is 0. The number of amides is 1. The lowest BCUT2D eigenvalue weighted by Gasteiger charge is -2.25. The second kappa shape index (κ2) is 52.3. The van der Waals surface area contributed by atoms with Gasteiger partial charge in [-0.3, -0.25) is 13.8 Å². The molecule has 1 amide bonds. The number of quaternary nitrogens is 1. The quantitative estimate of drug-likeness (QED) is 0.0243. The molecule has 0 aliphatic rings. The van der Waals surface area contributed by atoms with Gasteiger partial charge in [0.1, 0.15) is 13.2 Å². The fraction of sp³-hybridized carbons (Fsp3) is 0.852. The van der Waals surface area contributed by atoms with Gasteiger partial charge in [0.2, 0.25) is 5.91 Å². The van der Waals surface area contributed by atoms with E-state index in [2.05, 4.69) is 55.6 Å². The minimum atomic E-state index is -4.34. The summed E-state index contributed by atoms with van der Waals surface area (Å²) in [6.45, 7) is 4.74. The van der Waals surface area contributed by atoms with Gasteiger partial charge in [-0.25, -0.2) is 4.57 Å². The molecule has 3 atom stereocenters. The first-order valence-corrected chi connectivity index (χ1v) is 31.5. The monoisotopic (exact) mass is 1010 g/mol. The van der Waals surface area contributed by atoms with E-state index in [1.807, 2.05) is 27.2 Å². The van der Waals surface area contributed by atoms with Crippen molar-refractivity contribution in [1.82, 2.24) is 5.32 Å². The molecule has 0 aliphatic carbocycles. The van der Waals surface area contributed by atoms with Crippen LogP contribution in [0.5, 0.6) is 0 Å². The van der Waals surface area contributed by atoms with E-state index in [1.54, 1.807) is 6.08 Å². The average molecular weight is 1010 g/mol. The van der Waals surface area contributed by atoms with Crippen molar-refractivity contribution in [3.8, 4) is 0 Å². The number of phosphoric acid groups is 1. The summed E-state index contributed by atoms with van der Waals surface area (Å²) in [7, 11) is 1.56. The zero-order valence-corrected chi connectivity index (χ0v) is 47.9. The first kappa shape index (κ1) is 68.5. The van der Waals surface area contributed by atoms with Crippen molar-refractivity contribution in [3.05, 3.63) is 48.6 Å². The van der Waals surface area contributed by atoms with E-state index < -0.39 is 20.0 Å². The Morgan fingerprint density at radius 3 is 1.26 bits per heavy atom. The van der Waals surface area contributed by atoms with Crippen molar-refractivity contribution in [1.29, 1.82) is 0 Å². The molecule has 3 N–H and O–H groups in total. The summed E-state index contributed by atoms with van der Waals surface area (Å²) in [6.07, 6.45) is 69.9. The second-order valence-corrected chi connectivity index (χ2v) is 23.2. The fourth-order valence-electron chi connectivity index (χ4n) is 8.80. The van der Waals surface area contributed by atoms with Crippen molar-refractivity contribution in [2.75, 3.05) is 40.9 Å². The highest BCUT2D eigenvalue weighted by atomic mass is 31.2. The van der Waals surface area contributed by atoms with Gasteiger partial charge >= 0.3 is 7.82 Å². The summed E-state index contributed by atoms with van der Waals surface area (Å²) in [6, 6.07) is -0.860. The number of aliphatic hydroxyl groups is 1. The van der Waals surface area contributed by atoms with Crippen LogP contribution in [-0.4, -0.2) is 73.4 Å². The summed E-state index contributed by atoms with van der Waals surface area (Å²) >= 11 is 0. The molecular weight excluding hydrogens is 888 g/mol. The molecule has 3 unspecified atom stereocenters. The Labute approximate surface area is 435 Å². The number of carbonyl (C=O) groups is 1. The van der Waals surface area contributed by atoms with Gasteiger partial charge in [0.05, 0.1) is 39.9 Å². The molecule has 0 rings (SSSR count). The van der Waals surface area contributed by atoms with Crippen molar-refractivity contribution in [2.45, 2.75) is 296 Å². The molecule has 8 nitrogen and oxygen atoms in total. The standard InChI is InChI=1S/C61H117N2O6P/c1-6-8-10-12-14-16-17-18-19-20-21-22-23-24-25-26-27-28-29-30-31-32-33-34-35-36-37-38-39-40-41-42-43-44-45-47-49-51-53-55-61(65)62-59(58-69-70(66,67)68-57-56-63(3,4)5)60(64)54-52-50-48-46-15-13-11-9-7-2/h15,17-18,20-21,46,52,54,59-60,64H,6-14,16,19,22-45,47-51,53,55-58H2,1-5H3,(H-,62,65,66,67)/p+1/b18-17-,21-20-,46-15+,54-52+. The van der Waals surface area contributed by atoms with Gasteiger partial charge in [0.25, 0.3) is 0 Å². The number of rotatable bonds is 55. The van der Waals surface area contributed by atoms with Crippen LogP contribution in [0.15, 0.2) is 48.6 Å². The molecular formula is C61H118N2O6P+. The smallest absolute Gasteiger partial charge is 0.387 e. The number of carbonyl (C=O) groups excluding carboxylic acids is 1. The predicted octanol–water partition coefficient (Wildman–Crippen LogP) is 18.3. The molecule has 412 valence electrons. The fourth-order valence-corrected chi connectivity index (χ4v) is 9.53. The minimum Gasteiger partial charge on any atom is -0.387 e. The lowest BCUT2D eigenvalue weighted by molar-refractivity contribution is -0.870. The Hall–Kier alpha value is -1.54. The number of unbranched alkanes of at least 4 members (excludes halogenated alkanes) is 36. The highest BCUT2D eigenvalue weighted by Crippen LogP contribution is 2.43. The lowest BCUT2D eigenvalue weighted by atomic mass is 10.0. The van der Waals surface area contributed by atoms with E-state index in [1.165, 1.54) is 218 Å². The van der Waals surface area contributed by atoms with Gasteiger partial charge in [-0.1, -0.05) is 262 Å². The molecule has 0 aromatic carbocycles. The SMILES string of the molecule is CCCCC/C=C/CC/C=C/C(O)C(COP(=O)(O)OCC[N+](C)(C)C)NC(=O)CCCCCCCCCCCCCCCCCCCCCCCCCCCCC/C=C\C/C=C\CCCCCCC. The van der Waals surface area contributed by atoms with Gasteiger partial charge in [-0.15, -0.1) is 0 Å². The number of nitrogens with one attached hydrogen (secondary N) is 1. The molecule has 0 fully saturated rings. The van der Waals surface area contributed by atoms with Crippen LogP contribution in [0.4, 0.5) is 0 Å². The number of nitrogens with zero attached hydrogens (tertiary/aromatic N) is 1. The molecule has 0 saturated carbocycles. The number of likely N-dealkylation sites (N-methyl/N-ethyl adjacent to an activating group) is 1. The Kier molecular flexibility index (Phi) is 51.2. The number of hydrogen-bond donors (Lipinski definition) is 3. The van der Waals surface area contributed by atoms with Crippen LogP contribution in [0.1, 0.15) is 284 Å². The lowest BCUT2D eigenvalue weighted by Crippen LogP contribution is -2.45. The molecule has 70 heavy (non-hydrogen) atoms. The zero-order chi connectivity index (χ0) is 51.3. The molecule has 0 saturated heterocycles. The summed E-state index contributed by atoms with van der Waals surface area (Å²) < 4.78 is 23.6. The van der Waals surface area contributed by atoms with Crippen LogP contribution in [0, 0.1) is 0 Å².